The van der Waals surface area contributed by atoms with Crippen molar-refractivity contribution in [2.75, 3.05) is 45.8 Å². The molecular weight excluding hydrogens is 400 g/mol. The van der Waals surface area contributed by atoms with Gasteiger partial charge in [0.05, 0.1) is 12.0 Å². The van der Waals surface area contributed by atoms with Gasteiger partial charge in [-0.2, -0.15) is 0 Å². The molecule has 0 bridgehead atoms. The van der Waals surface area contributed by atoms with E-state index < -0.39 is 0 Å². The molecule has 1 N–H and O–H groups in total. The Hall–Kier alpha value is -1.79. The first-order valence-corrected chi connectivity index (χ1v) is 11.3. The van der Waals surface area contributed by atoms with Crippen molar-refractivity contribution in [3.63, 3.8) is 0 Å². The number of halogens is 1. The molecule has 3 heterocycles. The summed E-state index contributed by atoms with van der Waals surface area (Å²) in [5.74, 6) is 0.140. The van der Waals surface area contributed by atoms with Crippen molar-refractivity contribution in [3.8, 4) is 0 Å². The van der Waals surface area contributed by atoms with Crippen molar-refractivity contribution in [3.05, 3.63) is 35.4 Å². The maximum absolute atomic E-state index is 13.5. The van der Waals surface area contributed by atoms with E-state index >= 15 is 0 Å². The van der Waals surface area contributed by atoms with Crippen molar-refractivity contribution in [2.24, 2.45) is 5.92 Å². The Bertz CT molecular complexity index is 720. The molecule has 3 aliphatic heterocycles. The lowest BCUT2D eigenvalue weighted by molar-refractivity contribution is -0.140. The number of rotatable bonds is 3. The summed E-state index contributed by atoms with van der Waals surface area (Å²) < 4.78 is 0. The van der Waals surface area contributed by atoms with E-state index in [-0.39, 0.29) is 36.3 Å². The molecule has 0 aromatic heterocycles. The van der Waals surface area contributed by atoms with Crippen LogP contribution in [0.4, 0.5) is 4.79 Å². The number of aryl methyl sites for hydroxylation is 1. The molecule has 166 valence electrons. The first kappa shape index (κ1) is 22.9. The number of amides is 3. The smallest absolute Gasteiger partial charge is 0.320 e. The normalized spacial score (nSPS) is 24.5. The predicted octanol–water partition coefficient (Wildman–Crippen LogP) is 3.07. The number of piperidine rings is 1. The number of nitrogens with one attached hydrogen (secondary N) is 1. The molecule has 4 rings (SSSR count). The molecule has 0 saturated carbocycles. The molecule has 1 aromatic carbocycles. The molecule has 2 unspecified atom stereocenters. The van der Waals surface area contributed by atoms with Gasteiger partial charge in [-0.05, 0) is 43.2 Å². The number of carbonyl (C=O) groups is 2. The summed E-state index contributed by atoms with van der Waals surface area (Å²) >= 11 is 0. The number of piperazine rings is 1. The fourth-order valence-corrected chi connectivity index (χ4v) is 4.94. The van der Waals surface area contributed by atoms with E-state index in [2.05, 4.69) is 41.4 Å². The van der Waals surface area contributed by atoms with Crippen LogP contribution in [0.5, 0.6) is 0 Å². The molecule has 30 heavy (non-hydrogen) atoms. The van der Waals surface area contributed by atoms with E-state index in [4.69, 9.17) is 0 Å². The Morgan fingerprint density at radius 2 is 1.70 bits per heavy atom. The van der Waals surface area contributed by atoms with Crippen LogP contribution in [0.3, 0.4) is 0 Å². The van der Waals surface area contributed by atoms with Gasteiger partial charge < -0.3 is 20.0 Å². The van der Waals surface area contributed by atoms with Crippen molar-refractivity contribution in [1.82, 2.24) is 20.0 Å². The van der Waals surface area contributed by atoms with Gasteiger partial charge in [0.25, 0.3) is 0 Å². The summed E-state index contributed by atoms with van der Waals surface area (Å²) in [5, 5.41) is 3.45. The van der Waals surface area contributed by atoms with Crippen LogP contribution in [0, 0.1) is 5.92 Å². The second-order valence-electron chi connectivity index (χ2n) is 8.61. The number of urea groups is 1. The van der Waals surface area contributed by atoms with Crippen LogP contribution in [-0.2, 0) is 11.2 Å². The third-order valence-corrected chi connectivity index (χ3v) is 6.72. The second kappa shape index (κ2) is 10.5. The molecular formula is C23H35ClN4O2. The number of hydrogen-bond donors (Lipinski definition) is 1. The van der Waals surface area contributed by atoms with Crippen LogP contribution in [0.15, 0.2) is 24.3 Å². The van der Waals surface area contributed by atoms with Gasteiger partial charge in [0, 0.05) is 45.8 Å². The Morgan fingerprint density at radius 1 is 1.00 bits per heavy atom. The number of carbonyl (C=O) groups excluding carboxylic acids is 2. The third-order valence-electron chi connectivity index (χ3n) is 6.72. The molecule has 3 fully saturated rings. The third kappa shape index (κ3) is 4.92. The van der Waals surface area contributed by atoms with Crippen molar-refractivity contribution in [1.29, 1.82) is 0 Å². The Morgan fingerprint density at radius 3 is 2.40 bits per heavy atom. The van der Waals surface area contributed by atoms with Gasteiger partial charge in [-0.25, -0.2) is 4.79 Å². The summed E-state index contributed by atoms with van der Waals surface area (Å²) in [7, 11) is 0. The highest BCUT2D eigenvalue weighted by Gasteiger charge is 2.36. The van der Waals surface area contributed by atoms with Gasteiger partial charge in [-0.1, -0.05) is 31.2 Å². The lowest BCUT2D eigenvalue weighted by Crippen LogP contribution is -2.54. The highest BCUT2D eigenvalue weighted by Crippen LogP contribution is 2.28. The van der Waals surface area contributed by atoms with Crippen LogP contribution in [-0.4, -0.2) is 72.5 Å². The average Bonchev–Trinajstić information content (AvgIpc) is 3.33. The minimum absolute atomic E-state index is 0. The van der Waals surface area contributed by atoms with E-state index in [0.717, 1.165) is 71.4 Å². The van der Waals surface area contributed by atoms with Crippen molar-refractivity contribution < 1.29 is 9.59 Å². The lowest BCUT2D eigenvalue weighted by atomic mass is 9.94. The van der Waals surface area contributed by atoms with Gasteiger partial charge in [0.2, 0.25) is 5.91 Å². The van der Waals surface area contributed by atoms with Crippen molar-refractivity contribution in [2.45, 2.75) is 45.1 Å². The number of nitrogens with zero attached hydrogens (tertiary/aromatic N) is 3. The first-order chi connectivity index (χ1) is 14.2. The minimum Gasteiger partial charge on any atom is -0.333 e. The summed E-state index contributed by atoms with van der Waals surface area (Å²) in [5.41, 5.74) is 2.52. The summed E-state index contributed by atoms with van der Waals surface area (Å²) in [6.45, 7) is 7.59. The summed E-state index contributed by atoms with van der Waals surface area (Å²) in [6.07, 6.45) is 5.02. The van der Waals surface area contributed by atoms with Crippen LogP contribution < -0.4 is 5.32 Å². The standard InChI is InChI=1S/C23H34N4O2.ClH/c1-2-18-7-9-19(10-8-18)21-16-24-11-15-27(21)22(28)20-6-5-14-26(17-20)23(29)25-12-3-4-13-25;/h7-10,20-21,24H,2-6,11-17H2,1H3;1H. The second-order valence-corrected chi connectivity index (χ2v) is 8.61. The van der Waals surface area contributed by atoms with Gasteiger partial charge in [-0.15, -0.1) is 12.4 Å². The van der Waals surface area contributed by atoms with E-state index in [1.165, 1.54) is 11.1 Å². The zero-order chi connectivity index (χ0) is 20.2. The average molecular weight is 435 g/mol. The molecule has 0 radical (unpaired) electrons. The van der Waals surface area contributed by atoms with Gasteiger partial charge >= 0.3 is 6.03 Å². The van der Waals surface area contributed by atoms with Gasteiger partial charge in [0.15, 0.2) is 0 Å². The largest absolute Gasteiger partial charge is 0.333 e. The zero-order valence-corrected chi connectivity index (χ0v) is 18.8. The van der Waals surface area contributed by atoms with E-state index in [9.17, 15) is 9.59 Å². The van der Waals surface area contributed by atoms with E-state index in [1.807, 2.05) is 9.80 Å². The highest BCUT2D eigenvalue weighted by atomic mass is 35.5. The Kier molecular flexibility index (Phi) is 8.00. The van der Waals surface area contributed by atoms with E-state index in [0.29, 0.717) is 6.54 Å². The monoisotopic (exact) mass is 434 g/mol. The number of hydrogen-bond acceptors (Lipinski definition) is 3. The zero-order valence-electron chi connectivity index (χ0n) is 18.0. The quantitative estimate of drug-likeness (QED) is 0.795. The molecule has 1 aromatic rings. The maximum Gasteiger partial charge on any atom is 0.320 e. The van der Waals surface area contributed by atoms with E-state index in [1.54, 1.807) is 0 Å². The fourth-order valence-electron chi connectivity index (χ4n) is 4.94. The molecule has 7 heteroatoms. The summed E-state index contributed by atoms with van der Waals surface area (Å²) in [4.78, 5) is 32.2. The number of benzene rings is 1. The molecule has 2 atom stereocenters. The fraction of sp³-hybridized carbons (Fsp3) is 0.652. The molecule has 3 aliphatic rings. The number of likely N-dealkylation sites (tertiary alicyclic amines) is 2. The SMILES string of the molecule is CCc1ccc(C2CNCCN2C(=O)C2CCCN(C(=O)N3CCCC3)C2)cc1.Cl. The van der Waals surface area contributed by atoms with Gasteiger partial charge in [0.1, 0.15) is 0 Å². The van der Waals surface area contributed by atoms with Crippen molar-refractivity contribution >= 4 is 24.3 Å². The molecule has 0 spiro atoms. The summed E-state index contributed by atoms with van der Waals surface area (Å²) in [6, 6.07) is 8.88. The molecule has 3 saturated heterocycles. The molecule has 0 aliphatic carbocycles. The van der Waals surface area contributed by atoms with Gasteiger partial charge in [-0.3, -0.25) is 4.79 Å². The Balaban J connectivity index is 0.00000256. The van der Waals surface area contributed by atoms with Crippen LogP contribution in [0.1, 0.15) is 49.8 Å². The predicted molar refractivity (Wildman–Crippen MR) is 121 cm³/mol. The molecule has 3 amide bonds. The topological polar surface area (TPSA) is 55.9 Å². The Labute approximate surface area is 186 Å². The molecule has 6 nitrogen and oxygen atoms in total. The first-order valence-electron chi connectivity index (χ1n) is 11.3. The highest BCUT2D eigenvalue weighted by molar-refractivity contribution is 5.85. The van der Waals surface area contributed by atoms with Crippen LogP contribution >= 0.6 is 12.4 Å². The van der Waals surface area contributed by atoms with Crippen LogP contribution in [0.2, 0.25) is 0 Å². The maximum atomic E-state index is 13.5. The lowest BCUT2D eigenvalue weighted by Gasteiger charge is -2.41. The minimum atomic E-state index is -0.0779. The van der Waals surface area contributed by atoms with Crippen LogP contribution in [0.25, 0.3) is 0 Å².